The third kappa shape index (κ3) is 3.54. The maximum atomic E-state index is 12.2. The molecule has 0 atom stereocenters. The first-order valence-corrected chi connectivity index (χ1v) is 6.08. The van der Waals surface area contributed by atoms with Crippen molar-refractivity contribution in [3.8, 4) is 0 Å². The molecule has 1 heterocycles. The molecule has 0 spiro atoms. The predicted molar refractivity (Wildman–Crippen MR) is 67.6 cm³/mol. The summed E-state index contributed by atoms with van der Waals surface area (Å²) in [7, 11) is 1.60. The number of hydrogen-bond donors (Lipinski definition) is 0. The van der Waals surface area contributed by atoms with E-state index >= 15 is 0 Å². The minimum Gasteiger partial charge on any atom is -0.378 e. The van der Waals surface area contributed by atoms with Crippen molar-refractivity contribution in [1.82, 2.24) is 9.78 Å². The highest BCUT2D eigenvalue weighted by Gasteiger charge is 2.25. The fourth-order valence-electron chi connectivity index (χ4n) is 1.56. The number of aromatic nitrogens is 2. The number of carbonyl (C=O) groups is 1. The lowest BCUT2D eigenvalue weighted by molar-refractivity contribution is 0.0169. The molecule has 0 aromatic carbocycles. The van der Waals surface area contributed by atoms with Crippen molar-refractivity contribution in [3.63, 3.8) is 0 Å². The second kappa shape index (κ2) is 5.65. The molecule has 0 amide bonds. The standard InChI is InChI=1S/C12H19ClN2O2/c1-5-6-15-11(9(13)8-14-15)10(16)7-12(2,3)17-4/h8H,5-7H2,1-4H3. The molecule has 0 fully saturated rings. The van der Waals surface area contributed by atoms with Crippen LogP contribution in [0.5, 0.6) is 0 Å². The highest BCUT2D eigenvalue weighted by Crippen LogP contribution is 2.22. The normalized spacial score (nSPS) is 11.8. The highest BCUT2D eigenvalue weighted by molar-refractivity contribution is 6.33. The van der Waals surface area contributed by atoms with E-state index in [4.69, 9.17) is 16.3 Å². The van der Waals surface area contributed by atoms with Crippen LogP contribution in [0.2, 0.25) is 5.02 Å². The van der Waals surface area contributed by atoms with Crippen LogP contribution in [-0.2, 0) is 11.3 Å². The summed E-state index contributed by atoms with van der Waals surface area (Å²) in [5.74, 6) is -0.0344. The number of ether oxygens (including phenoxy) is 1. The number of methoxy groups -OCH3 is 1. The van der Waals surface area contributed by atoms with Gasteiger partial charge in [0.2, 0.25) is 0 Å². The SMILES string of the molecule is CCCn1ncc(Cl)c1C(=O)CC(C)(C)OC. The summed E-state index contributed by atoms with van der Waals surface area (Å²) in [4.78, 5) is 12.2. The zero-order valence-electron chi connectivity index (χ0n) is 10.8. The zero-order valence-corrected chi connectivity index (χ0v) is 11.5. The summed E-state index contributed by atoms with van der Waals surface area (Å²) in [6.45, 7) is 6.48. The molecule has 0 unspecified atom stereocenters. The number of aryl methyl sites for hydroxylation is 1. The van der Waals surface area contributed by atoms with E-state index in [0.29, 0.717) is 23.7 Å². The van der Waals surface area contributed by atoms with Gasteiger partial charge in [-0.25, -0.2) is 0 Å². The lowest BCUT2D eigenvalue weighted by atomic mass is 10.00. The Morgan fingerprint density at radius 1 is 1.59 bits per heavy atom. The van der Waals surface area contributed by atoms with Crippen LogP contribution in [0.15, 0.2) is 6.20 Å². The van der Waals surface area contributed by atoms with E-state index in [1.807, 2.05) is 20.8 Å². The molecule has 4 nitrogen and oxygen atoms in total. The molecule has 0 N–H and O–H groups in total. The summed E-state index contributed by atoms with van der Waals surface area (Å²) in [6.07, 6.45) is 2.72. The Bertz CT molecular complexity index is 399. The van der Waals surface area contributed by atoms with Crippen LogP contribution >= 0.6 is 11.6 Å². The van der Waals surface area contributed by atoms with E-state index in [1.165, 1.54) is 6.20 Å². The smallest absolute Gasteiger partial charge is 0.185 e. The van der Waals surface area contributed by atoms with Gasteiger partial charge in [0, 0.05) is 20.1 Å². The van der Waals surface area contributed by atoms with Gasteiger partial charge in [-0.05, 0) is 20.3 Å². The van der Waals surface area contributed by atoms with E-state index in [9.17, 15) is 4.79 Å². The molecule has 17 heavy (non-hydrogen) atoms. The van der Waals surface area contributed by atoms with Crippen molar-refractivity contribution in [2.24, 2.45) is 0 Å². The van der Waals surface area contributed by atoms with Gasteiger partial charge >= 0.3 is 0 Å². The number of Topliss-reactive ketones (excluding diaryl/α,β-unsaturated/α-hetero) is 1. The van der Waals surface area contributed by atoms with Crippen LogP contribution < -0.4 is 0 Å². The van der Waals surface area contributed by atoms with Crippen LogP contribution in [0.1, 0.15) is 44.1 Å². The largest absolute Gasteiger partial charge is 0.378 e. The maximum absolute atomic E-state index is 12.2. The molecular weight excluding hydrogens is 240 g/mol. The number of hydrogen-bond acceptors (Lipinski definition) is 3. The third-order valence-corrected chi connectivity index (χ3v) is 2.91. The van der Waals surface area contributed by atoms with Crippen LogP contribution in [0, 0.1) is 0 Å². The Morgan fingerprint density at radius 3 is 2.76 bits per heavy atom. The summed E-state index contributed by atoms with van der Waals surface area (Å²) >= 11 is 6.00. The molecule has 5 heteroatoms. The third-order valence-electron chi connectivity index (χ3n) is 2.63. The van der Waals surface area contributed by atoms with Gasteiger partial charge in [-0.15, -0.1) is 0 Å². The fourth-order valence-corrected chi connectivity index (χ4v) is 1.81. The molecule has 0 aliphatic carbocycles. The minimum atomic E-state index is -0.484. The molecule has 0 bridgehead atoms. The lowest BCUT2D eigenvalue weighted by Gasteiger charge is -2.21. The van der Waals surface area contributed by atoms with Crippen LogP contribution in [0.3, 0.4) is 0 Å². The fraction of sp³-hybridized carbons (Fsp3) is 0.667. The Kier molecular flexibility index (Phi) is 4.71. The van der Waals surface area contributed by atoms with Crippen LogP contribution in [0.25, 0.3) is 0 Å². The predicted octanol–water partition coefficient (Wildman–Crippen LogP) is 2.94. The van der Waals surface area contributed by atoms with Gasteiger partial charge < -0.3 is 4.74 Å². The molecular formula is C12H19ClN2O2. The van der Waals surface area contributed by atoms with E-state index in [1.54, 1.807) is 11.8 Å². The minimum absolute atomic E-state index is 0.0344. The van der Waals surface area contributed by atoms with Gasteiger partial charge in [0.05, 0.1) is 16.8 Å². The molecule has 0 saturated heterocycles. The van der Waals surface area contributed by atoms with E-state index in [2.05, 4.69) is 5.10 Å². The average Bonchev–Trinajstić information content (AvgIpc) is 2.60. The van der Waals surface area contributed by atoms with Crippen molar-refractivity contribution in [2.75, 3.05) is 7.11 Å². The first-order valence-electron chi connectivity index (χ1n) is 5.71. The molecule has 0 aliphatic heterocycles. The van der Waals surface area contributed by atoms with Gasteiger partial charge in [-0.3, -0.25) is 9.48 Å². The van der Waals surface area contributed by atoms with Crippen molar-refractivity contribution in [1.29, 1.82) is 0 Å². The lowest BCUT2D eigenvalue weighted by Crippen LogP contribution is -2.27. The van der Waals surface area contributed by atoms with Crippen LogP contribution in [0.4, 0.5) is 0 Å². The monoisotopic (exact) mass is 258 g/mol. The Labute approximate surface area is 107 Å². The summed E-state index contributed by atoms with van der Waals surface area (Å²) < 4.78 is 6.92. The second-order valence-corrected chi connectivity index (χ2v) is 5.04. The highest BCUT2D eigenvalue weighted by atomic mass is 35.5. The zero-order chi connectivity index (χ0) is 13.1. The molecule has 0 saturated carbocycles. The van der Waals surface area contributed by atoms with Gasteiger partial charge in [-0.2, -0.15) is 5.10 Å². The van der Waals surface area contributed by atoms with Gasteiger partial charge in [-0.1, -0.05) is 18.5 Å². The Balaban J connectivity index is 2.92. The van der Waals surface area contributed by atoms with Gasteiger partial charge in [0.25, 0.3) is 0 Å². The molecule has 0 radical (unpaired) electrons. The molecule has 96 valence electrons. The summed E-state index contributed by atoms with van der Waals surface area (Å²) in [6, 6.07) is 0. The number of halogens is 1. The second-order valence-electron chi connectivity index (χ2n) is 4.63. The molecule has 1 aromatic heterocycles. The van der Waals surface area contributed by atoms with E-state index in [0.717, 1.165) is 6.42 Å². The molecule has 1 rings (SSSR count). The van der Waals surface area contributed by atoms with Gasteiger partial charge in [0.15, 0.2) is 5.78 Å². The summed E-state index contributed by atoms with van der Waals surface area (Å²) in [5, 5.41) is 4.52. The summed E-state index contributed by atoms with van der Waals surface area (Å²) in [5.41, 5.74) is 0.000455. The van der Waals surface area contributed by atoms with Gasteiger partial charge in [0.1, 0.15) is 5.69 Å². The Hall–Kier alpha value is -0.870. The first kappa shape index (κ1) is 14.2. The van der Waals surface area contributed by atoms with Crippen molar-refractivity contribution in [3.05, 3.63) is 16.9 Å². The topological polar surface area (TPSA) is 44.1 Å². The van der Waals surface area contributed by atoms with Crippen molar-refractivity contribution in [2.45, 2.75) is 45.8 Å². The quantitative estimate of drug-likeness (QED) is 0.737. The number of nitrogens with zero attached hydrogens (tertiary/aromatic N) is 2. The van der Waals surface area contributed by atoms with Crippen molar-refractivity contribution >= 4 is 17.4 Å². The van der Waals surface area contributed by atoms with E-state index < -0.39 is 5.60 Å². The Morgan fingerprint density at radius 2 is 2.24 bits per heavy atom. The van der Waals surface area contributed by atoms with Crippen LogP contribution in [-0.4, -0.2) is 28.3 Å². The van der Waals surface area contributed by atoms with Crippen molar-refractivity contribution < 1.29 is 9.53 Å². The first-order chi connectivity index (χ1) is 7.91. The molecule has 0 aliphatic rings. The molecule has 1 aromatic rings. The number of ketones is 1. The number of rotatable bonds is 6. The van der Waals surface area contributed by atoms with E-state index in [-0.39, 0.29) is 5.78 Å². The average molecular weight is 259 g/mol. The maximum Gasteiger partial charge on any atom is 0.185 e. The number of carbonyl (C=O) groups excluding carboxylic acids is 1.